The van der Waals surface area contributed by atoms with Gasteiger partial charge >= 0.3 is 0 Å². The zero-order chi connectivity index (χ0) is 16.8. The maximum atomic E-state index is 5.40. The lowest BCUT2D eigenvalue weighted by Gasteiger charge is -2.25. The quantitative estimate of drug-likeness (QED) is 0.782. The normalized spacial score (nSPS) is 12.1. The van der Waals surface area contributed by atoms with Gasteiger partial charge in [-0.2, -0.15) is 0 Å². The van der Waals surface area contributed by atoms with Crippen molar-refractivity contribution in [2.75, 3.05) is 35.4 Å². The summed E-state index contributed by atoms with van der Waals surface area (Å²) < 4.78 is 15.9. The van der Waals surface area contributed by atoms with Crippen LogP contribution >= 0.6 is 0 Å². The molecule has 0 aliphatic carbocycles. The lowest BCUT2D eigenvalue weighted by molar-refractivity contribution is 0.296. The molecule has 0 aliphatic heterocycles. The number of benzene rings is 2. The summed E-state index contributed by atoms with van der Waals surface area (Å²) >= 11 is 0. The molecular formula is C19H25NO3. The molecule has 0 saturated heterocycles. The molecule has 0 fully saturated rings. The summed E-state index contributed by atoms with van der Waals surface area (Å²) in [6.45, 7) is 0. The van der Waals surface area contributed by atoms with Gasteiger partial charge < -0.3 is 19.1 Å². The molecule has 23 heavy (non-hydrogen) atoms. The maximum Gasteiger partial charge on any atom is 0.160 e. The molecule has 0 N–H and O–H groups in total. The highest BCUT2D eigenvalue weighted by atomic mass is 16.5. The van der Waals surface area contributed by atoms with E-state index in [0.717, 1.165) is 23.7 Å². The van der Waals surface area contributed by atoms with E-state index < -0.39 is 0 Å². The van der Waals surface area contributed by atoms with E-state index >= 15 is 0 Å². The van der Waals surface area contributed by atoms with E-state index in [1.54, 1.807) is 21.3 Å². The van der Waals surface area contributed by atoms with Gasteiger partial charge in [-0.05, 0) is 55.9 Å². The molecule has 0 spiro atoms. The summed E-state index contributed by atoms with van der Waals surface area (Å²) in [6.07, 6.45) is 0.889. The molecule has 0 bridgehead atoms. The zero-order valence-corrected chi connectivity index (χ0v) is 14.5. The molecule has 0 radical (unpaired) electrons. The van der Waals surface area contributed by atoms with Gasteiger partial charge in [0.05, 0.1) is 21.3 Å². The molecule has 0 saturated carbocycles. The van der Waals surface area contributed by atoms with E-state index in [1.165, 1.54) is 11.1 Å². The van der Waals surface area contributed by atoms with Gasteiger partial charge in [0.2, 0.25) is 0 Å². The van der Waals surface area contributed by atoms with Crippen LogP contribution in [0.3, 0.4) is 0 Å². The highest BCUT2D eigenvalue weighted by molar-refractivity contribution is 5.43. The minimum atomic E-state index is 0.277. The lowest BCUT2D eigenvalue weighted by Crippen LogP contribution is -2.22. The Bertz CT molecular complexity index is 623. The highest BCUT2D eigenvalue weighted by Gasteiger charge is 2.16. The average Bonchev–Trinajstić information content (AvgIpc) is 2.59. The van der Waals surface area contributed by atoms with Crippen molar-refractivity contribution in [1.82, 2.24) is 4.90 Å². The largest absolute Gasteiger partial charge is 0.497 e. The Kier molecular flexibility index (Phi) is 5.88. The molecule has 0 amide bonds. The molecule has 0 heterocycles. The average molecular weight is 315 g/mol. The van der Waals surface area contributed by atoms with Crippen LogP contribution in [0.1, 0.15) is 17.2 Å². The first kappa shape index (κ1) is 17.2. The molecule has 124 valence electrons. The van der Waals surface area contributed by atoms with Gasteiger partial charge in [0, 0.05) is 6.04 Å². The Morgan fingerprint density at radius 2 is 1.48 bits per heavy atom. The van der Waals surface area contributed by atoms with Crippen LogP contribution in [0, 0.1) is 0 Å². The van der Waals surface area contributed by atoms with Crippen LogP contribution in [0.4, 0.5) is 0 Å². The van der Waals surface area contributed by atoms with Gasteiger partial charge in [-0.15, -0.1) is 0 Å². The smallest absolute Gasteiger partial charge is 0.160 e. The van der Waals surface area contributed by atoms with Crippen LogP contribution in [0.2, 0.25) is 0 Å². The Morgan fingerprint density at radius 1 is 0.826 bits per heavy atom. The first-order valence-electron chi connectivity index (χ1n) is 7.60. The highest BCUT2D eigenvalue weighted by Crippen LogP contribution is 2.31. The number of nitrogens with zero attached hydrogens (tertiary/aromatic N) is 1. The summed E-state index contributed by atoms with van der Waals surface area (Å²) in [5.41, 5.74) is 2.46. The standard InChI is InChI=1S/C19H25NO3/c1-20(2)17(15-7-9-16(21-3)10-8-15)12-14-6-11-18(22-4)19(13-14)23-5/h6-11,13,17H,12H2,1-5H3. The van der Waals surface area contributed by atoms with Gasteiger partial charge in [0.25, 0.3) is 0 Å². The van der Waals surface area contributed by atoms with Crippen molar-refractivity contribution in [2.24, 2.45) is 0 Å². The number of likely N-dealkylation sites (N-methyl/N-ethyl adjacent to an activating group) is 1. The van der Waals surface area contributed by atoms with Crippen LogP contribution in [-0.2, 0) is 6.42 Å². The maximum absolute atomic E-state index is 5.40. The molecule has 4 heteroatoms. The number of methoxy groups -OCH3 is 3. The minimum absolute atomic E-state index is 0.277. The predicted octanol–water partition coefficient (Wildman–Crippen LogP) is 3.56. The van der Waals surface area contributed by atoms with Crippen molar-refractivity contribution >= 4 is 0 Å². The Balaban J connectivity index is 2.25. The first-order chi connectivity index (χ1) is 11.1. The van der Waals surface area contributed by atoms with Crippen molar-refractivity contribution < 1.29 is 14.2 Å². The molecule has 2 rings (SSSR count). The summed E-state index contributed by atoms with van der Waals surface area (Å²) in [5.74, 6) is 2.39. The number of rotatable bonds is 7. The number of ether oxygens (including phenoxy) is 3. The lowest BCUT2D eigenvalue weighted by atomic mass is 9.97. The third kappa shape index (κ3) is 4.17. The number of hydrogen-bond donors (Lipinski definition) is 0. The van der Waals surface area contributed by atoms with Crippen LogP contribution in [0.15, 0.2) is 42.5 Å². The fourth-order valence-corrected chi connectivity index (χ4v) is 2.66. The van der Waals surface area contributed by atoms with Crippen molar-refractivity contribution in [3.05, 3.63) is 53.6 Å². The van der Waals surface area contributed by atoms with E-state index in [0.29, 0.717) is 0 Å². The third-order valence-electron chi connectivity index (χ3n) is 4.00. The van der Waals surface area contributed by atoms with E-state index in [1.807, 2.05) is 24.3 Å². The van der Waals surface area contributed by atoms with Crippen LogP contribution < -0.4 is 14.2 Å². The molecule has 2 aromatic rings. The summed E-state index contributed by atoms with van der Waals surface area (Å²) in [5, 5.41) is 0. The molecule has 1 atom stereocenters. The van der Waals surface area contributed by atoms with Gasteiger partial charge in [-0.3, -0.25) is 0 Å². The van der Waals surface area contributed by atoms with Crippen molar-refractivity contribution in [3.63, 3.8) is 0 Å². The zero-order valence-electron chi connectivity index (χ0n) is 14.5. The second kappa shape index (κ2) is 7.88. The second-order valence-electron chi connectivity index (χ2n) is 5.65. The summed E-state index contributed by atoms with van der Waals surface area (Å²) in [4.78, 5) is 2.22. The topological polar surface area (TPSA) is 30.9 Å². The van der Waals surface area contributed by atoms with Crippen molar-refractivity contribution in [1.29, 1.82) is 0 Å². The molecule has 4 nitrogen and oxygen atoms in total. The number of hydrogen-bond acceptors (Lipinski definition) is 4. The van der Waals surface area contributed by atoms with Gasteiger partial charge in [0.1, 0.15) is 5.75 Å². The van der Waals surface area contributed by atoms with E-state index in [2.05, 4.69) is 37.2 Å². The molecule has 1 unspecified atom stereocenters. The summed E-state index contributed by atoms with van der Waals surface area (Å²) in [7, 11) is 9.18. The molecule has 2 aromatic carbocycles. The van der Waals surface area contributed by atoms with Gasteiger partial charge in [0.15, 0.2) is 11.5 Å². The second-order valence-corrected chi connectivity index (χ2v) is 5.65. The molecular weight excluding hydrogens is 290 g/mol. The Labute approximate surface area is 138 Å². The Morgan fingerprint density at radius 3 is 2.00 bits per heavy atom. The van der Waals surface area contributed by atoms with Crippen molar-refractivity contribution in [3.8, 4) is 17.2 Å². The first-order valence-corrected chi connectivity index (χ1v) is 7.60. The van der Waals surface area contributed by atoms with Gasteiger partial charge in [-0.25, -0.2) is 0 Å². The third-order valence-corrected chi connectivity index (χ3v) is 4.00. The minimum Gasteiger partial charge on any atom is -0.497 e. The van der Waals surface area contributed by atoms with Crippen LogP contribution in [0.25, 0.3) is 0 Å². The van der Waals surface area contributed by atoms with Crippen LogP contribution in [0.5, 0.6) is 17.2 Å². The molecule has 0 aliphatic rings. The van der Waals surface area contributed by atoms with Crippen molar-refractivity contribution in [2.45, 2.75) is 12.5 Å². The predicted molar refractivity (Wildman–Crippen MR) is 92.7 cm³/mol. The fraction of sp³-hybridized carbons (Fsp3) is 0.368. The van der Waals surface area contributed by atoms with Crippen LogP contribution in [-0.4, -0.2) is 40.3 Å². The van der Waals surface area contributed by atoms with Gasteiger partial charge in [-0.1, -0.05) is 18.2 Å². The monoisotopic (exact) mass is 315 g/mol. The molecule has 0 aromatic heterocycles. The summed E-state index contributed by atoms with van der Waals surface area (Å²) in [6, 6.07) is 14.6. The Hall–Kier alpha value is -2.20. The van der Waals surface area contributed by atoms with E-state index in [4.69, 9.17) is 14.2 Å². The van der Waals surface area contributed by atoms with E-state index in [-0.39, 0.29) is 6.04 Å². The fourth-order valence-electron chi connectivity index (χ4n) is 2.66. The SMILES string of the molecule is COc1ccc(C(Cc2ccc(OC)c(OC)c2)N(C)C)cc1. The van der Waals surface area contributed by atoms with E-state index in [9.17, 15) is 0 Å².